The Kier molecular flexibility index (Phi) is 15.9. The van der Waals surface area contributed by atoms with Gasteiger partial charge in [-0.15, -0.1) is 0 Å². The van der Waals surface area contributed by atoms with Crippen molar-refractivity contribution >= 4 is 53.2 Å². The Labute approximate surface area is 194 Å². The molecule has 9 heteroatoms. The van der Waals surface area contributed by atoms with Gasteiger partial charge in [0.05, 0.1) is 24.7 Å². The van der Waals surface area contributed by atoms with Crippen molar-refractivity contribution in [3.05, 3.63) is 0 Å². The molecule has 0 aliphatic rings. The summed E-state index contributed by atoms with van der Waals surface area (Å²) in [6.45, 7) is 7.92. The van der Waals surface area contributed by atoms with Crippen molar-refractivity contribution in [1.29, 1.82) is 0 Å². The van der Waals surface area contributed by atoms with Gasteiger partial charge in [0.25, 0.3) is 0 Å². The first kappa shape index (κ1) is 29.5. The molecule has 176 valence electrons. The average Bonchev–Trinajstić information content (AvgIpc) is 2.73. The molecule has 0 saturated heterocycles. The molecule has 3 unspecified atom stereocenters. The van der Waals surface area contributed by atoms with Crippen molar-refractivity contribution in [2.24, 2.45) is 5.41 Å². The van der Waals surface area contributed by atoms with E-state index in [0.29, 0.717) is 25.7 Å². The summed E-state index contributed by atoms with van der Waals surface area (Å²) in [5, 5.41) is 0.473. The lowest BCUT2D eigenvalue weighted by Crippen LogP contribution is -2.39. The molecule has 30 heavy (non-hydrogen) atoms. The zero-order valence-corrected chi connectivity index (χ0v) is 21.8. The van der Waals surface area contributed by atoms with Gasteiger partial charge in [-0.2, -0.15) is 35.3 Å². The van der Waals surface area contributed by atoms with Gasteiger partial charge in [0.1, 0.15) is 19.8 Å². The molecule has 0 rings (SSSR count). The Morgan fingerprint density at radius 1 is 0.667 bits per heavy atom. The Balaban J connectivity index is 5.06. The predicted octanol–water partition coefficient (Wildman–Crippen LogP) is 4.44. The first-order chi connectivity index (χ1) is 14.1. The van der Waals surface area contributed by atoms with Gasteiger partial charge >= 0.3 is 17.9 Å². The summed E-state index contributed by atoms with van der Waals surface area (Å²) in [5.41, 5.74) is -0.755. The molecule has 0 saturated carbocycles. The smallest absolute Gasteiger partial charge is 0.306 e. The van der Waals surface area contributed by atoms with Crippen LogP contribution in [0.15, 0.2) is 0 Å². The highest BCUT2D eigenvalue weighted by Crippen LogP contribution is 2.26. The van der Waals surface area contributed by atoms with Crippen LogP contribution in [0, 0.1) is 5.41 Å². The molecule has 0 aliphatic carbocycles. The third-order valence-corrected chi connectivity index (χ3v) is 7.85. The van der Waals surface area contributed by atoms with Crippen molar-refractivity contribution in [3.8, 4) is 0 Å². The van der Waals surface area contributed by atoms with Crippen LogP contribution in [0.3, 0.4) is 0 Å². The van der Waals surface area contributed by atoms with Crippen LogP contribution < -0.4 is 0 Å². The molecule has 0 N–H and O–H groups in total. The van der Waals surface area contributed by atoms with E-state index in [1.807, 2.05) is 46.5 Å². The van der Waals surface area contributed by atoms with E-state index < -0.39 is 5.41 Å². The van der Waals surface area contributed by atoms with Gasteiger partial charge in [-0.3, -0.25) is 14.4 Å². The Hall–Kier alpha value is -0.540. The molecular weight excluding hydrogens is 444 g/mol. The molecule has 0 aromatic rings. The standard InChI is InChI=1S/C21H38O6S3/c1-8-21(12-25-18(22)9-15(2)28-5,13-26-19(23)10-16(3)29-6)14-27-20(24)11-17(4)30-7/h15-17H,8-14H2,1-7H3. The van der Waals surface area contributed by atoms with Gasteiger partial charge in [0, 0.05) is 15.7 Å². The van der Waals surface area contributed by atoms with Gasteiger partial charge in [0.2, 0.25) is 0 Å². The number of rotatable bonds is 16. The lowest BCUT2D eigenvalue weighted by atomic mass is 9.88. The Bertz CT molecular complexity index is 460. The second-order valence-corrected chi connectivity index (χ2v) is 11.4. The predicted molar refractivity (Wildman–Crippen MR) is 128 cm³/mol. The van der Waals surface area contributed by atoms with Gasteiger partial charge in [-0.05, 0) is 25.2 Å². The third-order valence-electron chi connectivity index (χ3n) is 4.94. The number of esters is 3. The molecule has 0 radical (unpaired) electrons. The summed E-state index contributed by atoms with van der Waals surface area (Å²) in [5.74, 6) is -0.919. The van der Waals surface area contributed by atoms with E-state index in [1.54, 1.807) is 35.3 Å². The van der Waals surface area contributed by atoms with Gasteiger partial charge in [-0.1, -0.05) is 27.7 Å². The normalized spacial score (nSPS) is 16.1. The van der Waals surface area contributed by atoms with Crippen molar-refractivity contribution in [2.45, 2.75) is 69.1 Å². The quantitative estimate of drug-likeness (QED) is 0.234. The number of carbonyl (C=O) groups excluding carboxylic acids is 3. The summed E-state index contributed by atoms with van der Waals surface area (Å²) in [7, 11) is 0. The maximum Gasteiger partial charge on any atom is 0.306 e. The van der Waals surface area contributed by atoms with E-state index in [4.69, 9.17) is 14.2 Å². The number of hydrogen-bond acceptors (Lipinski definition) is 9. The largest absolute Gasteiger partial charge is 0.465 e. The maximum absolute atomic E-state index is 12.2. The fraction of sp³-hybridized carbons (Fsp3) is 0.857. The van der Waals surface area contributed by atoms with Crippen LogP contribution >= 0.6 is 35.3 Å². The van der Waals surface area contributed by atoms with Crippen molar-refractivity contribution in [1.82, 2.24) is 0 Å². The topological polar surface area (TPSA) is 78.9 Å². The lowest BCUT2D eigenvalue weighted by molar-refractivity contribution is -0.162. The Morgan fingerprint density at radius 3 is 1.13 bits per heavy atom. The van der Waals surface area contributed by atoms with Crippen LogP contribution in [0.25, 0.3) is 0 Å². The first-order valence-electron chi connectivity index (χ1n) is 10.2. The number of thioether (sulfide) groups is 3. The molecule has 6 nitrogen and oxygen atoms in total. The summed E-state index contributed by atoms with van der Waals surface area (Å²) in [6.07, 6.45) is 7.27. The molecule has 0 aromatic carbocycles. The highest BCUT2D eigenvalue weighted by molar-refractivity contribution is 7.99. The van der Waals surface area contributed by atoms with Crippen LogP contribution in [0.2, 0.25) is 0 Å². The SMILES string of the molecule is CCC(COC(=O)CC(C)SC)(COC(=O)CC(C)SC)COC(=O)CC(C)SC. The minimum absolute atomic E-state index is 0.0418. The average molecular weight is 483 g/mol. The second kappa shape index (κ2) is 16.1. The molecule has 3 atom stereocenters. The lowest BCUT2D eigenvalue weighted by Gasteiger charge is -2.31. The third kappa shape index (κ3) is 13.0. The zero-order chi connectivity index (χ0) is 23.2. The zero-order valence-electron chi connectivity index (χ0n) is 19.4. The minimum Gasteiger partial charge on any atom is -0.465 e. The van der Waals surface area contributed by atoms with E-state index in [0.717, 1.165) is 0 Å². The molecule has 0 heterocycles. The number of ether oxygens (including phenoxy) is 3. The fourth-order valence-electron chi connectivity index (χ4n) is 2.26. The van der Waals surface area contributed by atoms with Crippen molar-refractivity contribution < 1.29 is 28.6 Å². The molecule has 0 amide bonds. The fourth-order valence-corrected chi connectivity index (χ4v) is 3.17. The highest BCUT2D eigenvalue weighted by Gasteiger charge is 2.34. The van der Waals surface area contributed by atoms with Crippen LogP contribution in [-0.4, -0.2) is 72.2 Å². The summed E-state index contributed by atoms with van der Waals surface area (Å²) >= 11 is 4.78. The van der Waals surface area contributed by atoms with Gasteiger partial charge in [0.15, 0.2) is 0 Å². The maximum atomic E-state index is 12.2. The van der Waals surface area contributed by atoms with Crippen LogP contribution in [-0.2, 0) is 28.6 Å². The minimum atomic E-state index is -0.755. The van der Waals surface area contributed by atoms with E-state index in [9.17, 15) is 14.4 Å². The van der Waals surface area contributed by atoms with Crippen LogP contribution in [0.1, 0.15) is 53.4 Å². The van der Waals surface area contributed by atoms with Crippen molar-refractivity contribution in [2.75, 3.05) is 38.6 Å². The van der Waals surface area contributed by atoms with E-state index in [1.165, 1.54) is 0 Å². The van der Waals surface area contributed by atoms with Crippen LogP contribution in [0.4, 0.5) is 0 Å². The molecule has 0 fully saturated rings. The monoisotopic (exact) mass is 482 g/mol. The highest BCUT2D eigenvalue weighted by atomic mass is 32.2. The van der Waals surface area contributed by atoms with Gasteiger partial charge in [-0.25, -0.2) is 0 Å². The van der Waals surface area contributed by atoms with E-state index in [2.05, 4.69) is 0 Å². The first-order valence-corrected chi connectivity index (χ1v) is 14.0. The molecule has 0 spiro atoms. The van der Waals surface area contributed by atoms with Crippen LogP contribution in [0.5, 0.6) is 0 Å². The summed E-state index contributed by atoms with van der Waals surface area (Å²) in [6, 6.07) is 0. The molecule has 0 aliphatic heterocycles. The summed E-state index contributed by atoms with van der Waals surface area (Å²) < 4.78 is 16.5. The summed E-state index contributed by atoms with van der Waals surface area (Å²) in [4.78, 5) is 36.5. The molecular formula is C21H38O6S3. The van der Waals surface area contributed by atoms with Crippen molar-refractivity contribution in [3.63, 3.8) is 0 Å². The second-order valence-electron chi connectivity index (χ2n) is 7.59. The number of carbonyl (C=O) groups is 3. The number of hydrogen-bond donors (Lipinski definition) is 0. The molecule has 0 bridgehead atoms. The molecule has 0 aromatic heterocycles. The van der Waals surface area contributed by atoms with E-state index in [-0.39, 0.29) is 53.5 Å². The van der Waals surface area contributed by atoms with Gasteiger partial charge < -0.3 is 14.2 Å². The van der Waals surface area contributed by atoms with E-state index >= 15 is 0 Å². The Morgan fingerprint density at radius 2 is 0.933 bits per heavy atom.